The van der Waals surface area contributed by atoms with Crippen molar-refractivity contribution in [2.75, 3.05) is 10.6 Å². The van der Waals surface area contributed by atoms with Crippen molar-refractivity contribution in [1.82, 2.24) is 0 Å². The number of hydrogen-bond donors (Lipinski definition) is 3. The van der Waals surface area contributed by atoms with Gasteiger partial charge in [0.25, 0.3) is 0 Å². The molecule has 4 aromatic rings. The number of carboxylic acid groups (broad SMARTS) is 2. The number of carbonyl (C=O) groups excluding carboxylic acids is 1. The van der Waals surface area contributed by atoms with E-state index in [4.69, 9.17) is 23.2 Å². The van der Waals surface area contributed by atoms with Gasteiger partial charge in [0.2, 0.25) is 0 Å². The predicted molar refractivity (Wildman–Crippen MR) is 169 cm³/mol. The molecule has 0 aromatic heterocycles. The average Bonchev–Trinajstić information content (AvgIpc) is 2.84. The number of nitrogens with one attached hydrogen (secondary N) is 2. The van der Waals surface area contributed by atoms with Crippen LogP contribution in [0.3, 0.4) is 0 Å². The van der Waals surface area contributed by atoms with Gasteiger partial charge in [-0.05, 0) is 143 Å². The van der Waals surface area contributed by atoms with Crippen molar-refractivity contribution >= 4 is 103 Å². The fourth-order valence-corrected chi connectivity index (χ4v) is 5.06. The van der Waals surface area contributed by atoms with Crippen LogP contribution >= 0.6 is 68.4 Å². The summed E-state index contributed by atoms with van der Waals surface area (Å²) in [6.45, 7) is 3.93. The Morgan fingerprint density at radius 3 is 1.46 bits per heavy atom. The monoisotopic (exact) mass is 796 g/mol. The Morgan fingerprint density at radius 1 is 0.692 bits per heavy atom. The van der Waals surface area contributed by atoms with Gasteiger partial charge in [-0.1, -0.05) is 23.2 Å². The third kappa shape index (κ3) is 9.80. The number of hydrogen-bond acceptors (Lipinski definition) is 5. The number of halogens is 4. The number of aryl methyl sites for hydroxylation is 2. The molecular formula is C28H21Cl2I2N2NaO4. The first-order valence-corrected chi connectivity index (χ1v) is 14.0. The maximum absolute atomic E-state index is 11.2. The minimum atomic E-state index is -1.26. The molecular weight excluding hydrogens is 776 g/mol. The van der Waals surface area contributed by atoms with Crippen LogP contribution in [-0.2, 0) is 0 Å². The molecule has 0 aliphatic heterocycles. The molecule has 0 atom stereocenters. The molecule has 4 rings (SSSR count). The van der Waals surface area contributed by atoms with Crippen molar-refractivity contribution in [3.05, 3.63) is 112 Å². The van der Waals surface area contributed by atoms with E-state index in [1.54, 1.807) is 24.3 Å². The van der Waals surface area contributed by atoms with E-state index >= 15 is 0 Å². The van der Waals surface area contributed by atoms with E-state index in [1.165, 1.54) is 12.1 Å². The number of carboxylic acids is 2. The van der Waals surface area contributed by atoms with Crippen LogP contribution in [0, 0.1) is 21.0 Å². The molecule has 0 radical (unpaired) electrons. The first kappa shape index (κ1) is 33.7. The Morgan fingerprint density at radius 2 is 1.08 bits per heavy atom. The van der Waals surface area contributed by atoms with E-state index in [9.17, 15) is 19.8 Å². The molecule has 0 bridgehead atoms. The molecule has 0 fully saturated rings. The van der Waals surface area contributed by atoms with Crippen molar-refractivity contribution in [3.63, 3.8) is 0 Å². The summed E-state index contributed by atoms with van der Waals surface area (Å²) in [7, 11) is 0. The van der Waals surface area contributed by atoms with Crippen molar-refractivity contribution in [1.29, 1.82) is 0 Å². The van der Waals surface area contributed by atoms with Gasteiger partial charge >= 0.3 is 35.5 Å². The predicted octanol–water partition coefficient (Wildman–Crippen LogP) is 5.06. The summed E-state index contributed by atoms with van der Waals surface area (Å²) in [5.74, 6) is -2.26. The van der Waals surface area contributed by atoms with Gasteiger partial charge in [-0.2, -0.15) is 0 Å². The Kier molecular flexibility index (Phi) is 13.3. The second-order valence-corrected chi connectivity index (χ2v) is 11.5. The number of anilines is 4. The smallest absolute Gasteiger partial charge is 0.545 e. The number of aromatic carboxylic acids is 2. The fourth-order valence-electron chi connectivity index (χ4n) is 3.42. The van der Waals surface area contributed by atoms with Gasteiger partial charge in [-0.15, -0.1) is 0 Å². The standard InChI is InChI=1S/2C14H11ClINO2.Na/c2*1-8-6-10(16)3-5-12(8)17-13-4-2-9(15)7-11(13)14(18)19;/h2*2-7,17H,1H3,(H,18,19);/q;;+1/p-1. The van der Waals surface area contributed by atoms with Crippen molar-refractivity contribution in [3.8, 4) is 0 Å². The summed E-state index contributed by atoms with van der Waals surface area (Å²) in [5, 5.41) is 27.3. The van der Waals surface area contributed by atoms with E-state index in [1.807, 2.05) is 50.2 Å². The molecule has 0 saturated heterocycles. The Balaban J connectivity index is 0.000000267. The van der Waals surface area contributed by atoms with Gasteiger partial charge in [0.15, 0.2) is 0 Å². The zero-order valence-corrected chi connectivity index (χ0v) is 28.9. The third-order valence-electron chi connectivity index (χ3n) is 5.33. The molecule has 0 unspecified atom stereocenters. The topological polar surface area (TPSA) is 101 Å². The molecule has 4 aromatic carbocycles. The average molecular weight is 797 g/mol. The summed E-state index contributed by atoms with van der Waals surface area (Å²) < 4.78 is 2.26. The van der Waals surface area contributed by atoms with E-state index < -0.39 is 11.9 Å². The van der Waals surface area contributed by atoms with Crippen LogP contribution in [0.4, 0.5) is 22.7 Å². The molecule has 11 heteroatoms. The Labute approximate surface area is 286 Å². The number of benzene rings is 4. The first-order valence-electron chi connectivity index (χ1n) is 11.0. The van der Waals surface area contributed by atoms with Gasteiger partial charge in [0.05, 0.1) is 17.2 Å². The molecule has 6 nitrogen and oxygen atoms in total. The molecule has 0 amide bonds. The van der Waals surface area contributed by atoms with E-state index in [2.05, 4.69) is 55.8 Å². The van der Waals surface area contributed by atoms with Crippen LogP contribution in [0.5, 0.6) is 0 Å². The quantitative estimate of drug-likeness (QED) is 0.187. The Hall–Kier alpha value is -1.54. The molecule has 0 saturated carbocycles. The van der Waals surface area contributed by atoms with Crippen LogP contribution in [0.25, 0.3) is 0 Å². The second kappa shape index (κ2) is 15.5. The van der Waals surface area contributed by atoms with E-state index in [0.717, 1.165) is 29.6 Å². The SMILES string of the molecule is Cc1cc(I)ccc1Nc1ccc(Cl)cc1C(=O)O.Cc1cc(I)ccc1Nc1ccc(Cl)cc1C(=O)[O-].[Na+]. The number of carbonyl (C=O) groups is 2. The minimum Gasteiger partial charge on any atom is -0.545 e. The molecule has 0 heterocycles. The molecule has 0 aliphatic carbocycles. The maximum Gasteiger partial charge on any atom is 1.00 e. The van der Waals surface area contributed by atoms with Gasteiger partial charge in [0.1, 0.15) is 0 Å². The van der Waals surface area contributed by atoms with Crippen molar-refractivity contribution in [2.45, 2.75) is 13.8 Å². The zero-order valence-electron chi connectivity index (χ0n) is 21.1. The zero-order chi connectivity index (χ0) is 28.0. The van der Waals surface area contributed by atoms with E-state index in [-0.39, 0.29) is 40.7 Å². The maximum atomic E-state index is 11.2. The minimum absolute atomic E-state index is 0. The van der Waals surface area contributed by atoms with Crippen LogP contribution in [0.15, 0.2) is 72.8 Å². The van der Waals surface area contributed by atoms with Crippen LogP contribution in [-0.4, -0.2) is 17.0 Å². The van der Waals surface area contributed by atoms with Crippen molar-refractivity contribution < 1.29 is 49.4 Å². The number of rotatable bonds is 6. The van der Waals surface area contributed by atoms with E-state index in [0.29, 0.717) is 21.4 Å². The summed E-state index contributed by atoms with van der Waals surface area (Å²) in [6, 6.07) is 21.2. The second-order valence-electron chi connectivity index (χ2n) is 8.14. The third-order valence-corrected chi connectivity index (χ3v) is 7.14. The molecule has 0 aliphatic rings. The summed E-state index contributed by atoms with van der Waals surface area (Å²) >= 11 is 16.1. The molecule has 196 valence electrons. The van der Waals surface area contributed by atoms with Crippen LogP contribution < -0.4 is 45.3 Å². The largest absolute Gasteiger partial charge is 1.00 e. The Bertz CT molecular complexity index is 1410. The summed E-state index contributed by atoms with van der Waals surface area (Å²) in [5.41, 5.74) is 5.02. The molecule has 3 N–H and O–H groups in total. The fraction of sp³-hybridized carbons (Fsp3) is 0.0714. The van der Waals surface area contributed by atoms with Crippen LogP contribution in [0.1, 0.15) is 31.8 Å². The summed E-state index contributed by atoms with van der Waals surface area (Å²) in [6.07, 6.45) is 0. The van der Waals surface area contributed by atoms with Crippen molar-refractivity contribution in [2.24, 2.45) is 0 Å². The normalized spacial score (nSPS) is 10.0. The van der Waals surface area contributed by atoms with Crippen LogP contribution in [0.2, 0.25) is 10.0 Å². The van der Waals surface area contributed by atoms with Gasteiger partial charge in [-0.3, -0.25) is 0 Å². The van der Waals surface area contributed by atoms with Gasteiger partial charge in [0, 0.05) is 39.8 Å². The summed E-state index contributed by atoms with van der Waals surface area (Å²) in [4.78, 5) is 22.3. The molecule has 39 heavy (non-hydrogen) atoms. The first-order chi connectivity index (χ1) is 17.9. The molecule has 0 spiro atoms. The van der Waals surface area contributed by atoms with Gasteiger partial charge in [-0.25, -0.2) is 4.79 Å². The van der Waals surface area contributed by atoms with Gasteiger partial charge < -0.3 is 25.6 Å².